The van der Waals surface area contributed by atoms with Crippen molar-refractivity contribution in [1.29, 1.82) is 0 Å². The Morgan fingerprint density at radius 1 is 1.04 bits per heavy atom. The van der Waals surface area contributed by atoms with Crippen LogP contribution in [0.5, 0.6) is 0 Å². The minimum atomic E-state index is -0.250. The largest absolute Gasteiger partial charge is 0.483 e. The van der Waals surface area contributed by atoms with Crippen LogP contribution in [-0.4, -0.2) is 44.3 Å². The molecule has 6 heteroatoms. The number of hydrogen-bond donors (Lipinski definition) is 1. The SMILES string of the molecule is O=CO.c1ccc2c(c1)CCc1nnc(CN3CCCCC3)n1C2. The van der Waals surface area contributed by atoms with Gasteiger partial charge in [-0.25, -0.2) is 0 Å². The van der Waals surface area contributed by atoms with E-state index in [0.717, 1.165) is 37.6 Å². The maximum Gasteiger partial charge on any atom is 0.290 e. The quantitative estimate of drug-likeness (QED) is 0.855. The van der Waals surface area contributed by atoms with E-state index >= 15 is 0 Å². The van der Waals surface area contributed by atoms with Crippen LogP contribution >= 0.6 is 0 Å². The van der Waals surface area contributed by atoms with Crippen LogP contribution in [0.3, 0.4) is 0 Å². The smallest absolute Gasteiger partial charge is 0.290 e. The van der Waals surface area contributed by atoms with Crippen molar-refractivity contribution in [1.82, 2.24) is 19.7 Å². The fraction of sp³-hybridized carbons (Fsp3) is 0.500. The topological polar surface area (TPSA) is 71.2 Å². The average Bonchev–Trinajstić information content (AvgIpc) is 2.87. The number of hydrogen-bond acceptors (Lipinski definition) is 4. The van der Waals surface area contributed by atoms with Crippen molar-refractivity contribution in [2.75, 3.05) is 13.1 Å². The van der Waals surface area contributed by atoms with E-state index < -0.39 is 0 Å². The van der Waals surface area contributed by atoms with Crippen LogP contribution in [0.1, 0.15) is 42.0 Å². The molecule has 1 saturated heterocycles. The number of aryl methyl sites for hydroxylation is 2. The summed E-state index contributed by atoms with van der Waals surface area (Å²) in [6.07, 6.45) is 6.11. The van der Waals surface area contributed by atoms with Gasteiger partial charge in [0.1, 0.15) is 11.6 Å². The summed E-state index contributed by atoms with van der Waals surface area (Å²) in [6, 6.07) is 8.77. The molecule has 0 saturated carbocycles. The van der Waals surface area contributed by atoms with E-state index in [-0.39, 0.29) is 6.47 Å². The zero-order valence-corrected chi connectivity index (χ0v) is 13.9. The molecule has 3 heterocycles. The number of likely N-dealkylation sites (tertiary alicyclic amines) is 1. The maximum atomic E-state index is 8.36. The third kappa shape index (κ3) is 3.82. The molecule has 0 radical (unpaired) electrons. The third-order valence-electron chi connectivity index (χ3n) is 4.78. The number of piperidine rings is 1. The number of carboxylic acid groups (broad SMARTS) is 1. The maximum absolute atomic E-state index is 8.36. The van der Waals surface area contributed by atoms with Crippen molar-refractivity contribution >= 4 is 6.47 Å². The van der Waals surface area contributed by atoms with Crippen LogP contribution in [0.25, 0.3) is 0 Å². The van der Waals surface area contributed by atoms with Crippen molar-refractivity contribution in [3.8, 4) is 0 Å². The molecule has 128 valence electrons. The van der Waals surface area contributed by atoms with Gasteiger partial charge in [-0.3, -0.25) is 9.69 Å². The van der Waals surface area contributed by atoms with Crippen molar-refractivity contribution in [3.05, 3.63) is 47.0 Å². The zero-order valence-electron chi connectivity index (χ0n) is 13.9. The molecule has 1 N–H and O–H groups in total. The molecule has 0 atom stereocenters. The number of benzene rings is 1. The summed E-state index contributed by atoms with van der Waals surface area (Å²) < 4.78 is 2.35. The number of nitrogens with zero attached hydrogens (tertiary/aromatic N) is 4. The molecule has 1 aromatic heterocycles. The van der Waals surface area contributed by atoms with Gasteiger partial charge in [-0.15, -0.1) is 10.2 Å². The molecule has 2 aromatic rings. The van der Waals surface area contributed by atoms with Crippen LogP contribution < -0.4 is 0 Å². The first-order chi connectivity index (χ1) is 11.8. The molecule has 1 aromatic carbocycles. The first-order valence-electron chi connectivity index (χ1n) is 8.59. The van der Waals surface area contributed by atoms with Crippen LogP contribution in [0.15, 0.2) is 24.3 Å². The lowest BCUT2D eigenvalue weighted by Crippen LogP contribution is -2.30. The molecule has 0 bridgehead atoms. The molecule has 6 nitrogen and oxygen atoms in total. The first-order valence-corrected chi connectivity index (χ1v) is 8.59. The number of aromatic nitrogens is 3. The van der Waals surface area contributed by atoms with Gasteiger partial charge in [0, 0.05) is 6.42 Å². The van der Waals surface area contributed by atoms with Gasteiger partial charge in [0.05, 0.1) is 13.1 Å². The summed E-state index contributed by atoms with van der Waals surface area (Å²) >= 11 is 0. The summed E-state index contributed by atoms with van der Waals surface area (Å²) in [6.45, 7) is 4.05. The van der Waals surface area contributed by atoms with Crippen LogP contribution in [-0.2, 0) is 30.7 Å². The van der Waals surface area contributed by atoms with Gasteiger partial charge in [-0.05, 0) is 43.5 Å². The van der Waals surface area contributed by atoms with Crippen molar-refractivity contribution < 1.29 is 9.90 Å². The van der Waals surface area contributed by atoms with E-state index in [9.17, 15) is 0 Å². The second-order valence-electron chi connectivity index (χ2n) is 6.33. The summed E-state index contributed by atoms with van der Waals surface area (Å²) in [5.41, 5.74) is 2.89. The van der Waals surface area contributed by atoms with Crippen molar-refractivity contribution in [3.63, 3.8) is 0 Å². The van der Waals surface area contributed by atoms with Crippen LogP contribution in [0.4, 0.5) is 0 Å². The van der Waals surface area contributed by atoms with E-state index in [4.69, 9.17) is 9.90 Å². The Bertz CT molecular complexity index is 677. The zero-order chi connectivity index (χ0) is 16.8. The molecular weight excluding hydrogens is 304 g/mol. The lowest BCUT2D eigenvalue weighted by Gasteiger charge is -2.26. The summed E-state index contributed by atoms with van der Waals surface area (Å²) in [5, 5.41) is 15.8. The Hall–Kier alpha value is -2.21. The van der Waals surface area contributed by atoms with E-state index in [1.54, 1.807) is 0 Å². The van der Waals surface area contributed by atoms with Crippen LogP contribution in [0.2, 0.25) is 0 Å². The molecule has 0 spiro atoms. The molecule has 2 aliphatic rings. The summed E-state index contributed by atoms with van der Waals surface area (Å²) in [5.74, 6) is 2.29. The Morgan fingerprint density at radius 2 is 1.75 bits per heavy atom. The Kier molecular flexibility index (Phi) is 5.59. The number of fused-ring (bicyclic) bond motifs is 2. The van der Waals surface area contributed by atoms with Crippen molar-refractivity contribution in [2.24, 2.45) is 0 Å². The normalized spacial score (nSPS) is 17.0. The van der Waals surface area contributed by atoms with Crippen molar-refractivity contribution in [2.45, 2.75) is 45.2 Å². The van der Waals surface area contributed by atoms with E-state index in [2.05, 4.69) is 43.9 Å². The van der Waals surface area contributed by atoms with E-state index in [1.165, 1.54) is 43.5 Å². The lowest BCUT2D eigenvalue weighted by atomic mass is 10.0. The Morgan fingerprint density at radius 3 is 2.50 bits per heavy atom. The average molecular weight is 328 g/mol. The Balaban J connectivity index is 0.000000526. The van der Waals surface area contributed by atoms with E-state index in [1.807, 2.05) is 0 Å². The van der Waals surface area contributed by atoms with Gasteiger partial charge >= 0.3 is 0 Å². The number of rotatable bonds is 2. The highest BCUT2D eigenvalue weighted by atomic mass is 16.3. The molecule has 0 aliphatic carbocycles. The summed E-state index contributed by atoms with van der Waals surface area (Å²) in [7, 11) is 0. The number of carbonyl (C=O) groups is 1. The predicted octanol–water partition coefficient (Wildman–Crippen LogP) is 2.11. The minimum absolute atomic E-state index is 0.250. The molecule has 0 unspecified atom stereocenters. The van der Waals surface area contributed by atoms with E-state index in [0.29, 0.717) is 0 Å². The fourth-order valence-corrected chi connectivity index (χ4v) is 3.55. The minimum Gasteiger partial charge on any atom is -0.483 e. The van der Waals surface area contributed by atoms with Gasteiger partial charge < -0.3 is 9.67 Å². The van der Waals surface area contributed by atoms with Gasteiger partial charge in [0.25, 0.3) is 6.47 Å². The second kappa shape index (κ2) is 8.06. The summed E-state index contributed by atoms with van der Waals surface area (Å²) in [4.78, 5) is 10.9. The van der Waals surface area contributed by atoms with Gasteiger partial charge in [0.2, 0.25) is 0 Å². The van der Waals surface area contributed by atoms with Gasteiger partial charge in [-0.1, -0.05) is 30.7 Å². The van der Waals surface area contributed by atoms with Crippen LogP contribution in [0, 0.1) is 0 Å². The third-order valence-corrected chi connectivity index (χ3v) is 4.78. The predicted molar refractivity (Wildman–Crippen MR) is 90.8 cm³/mol. The standard InChI is InChI=1S/C17H22N4.CH2O2/c1-4-10-20(11-5-1)13-17-19-18-16-9-8-14-6-2-3-7-15(14)12-21(16)17;2-1-3/h2-3,6-7H,1,4-5,8-13H2;1H,(H,2,3). The molecule has 2 aliphatic heterocycles. The molecule has 1 fully saturated rings. The van der Waals surface area contributed by atoms with Gasteiger partial charge in [-0.2, -0.15) is 0 Å². The lowest BCUT2D eigenvalue weighted by molar-refractivity contribution is -0.122. The second-order valence-corrected chi connectivity index (χ2v) is 6.33. The van der Waals surface area contributed by atoms with Gasteiger partial charge in [0.15, 0.2) is 0 Å². The molecule has 24 heavy (non-hydrogen) atoms. The molecule has 4 rings (SSSR count). The monoisotopic (exact) mass is 328 g/mol. The highest BCUT2D eigenvalue weighted by molar-refractivity contribution is 5.32. The highest BCUT2D eigenvalue weighted by Crippen LogP contribution is 2.21. The Labute approximate surface area is 142 Å². The highest BCUT2D eigenvalue weighted by Gasteiger charge is 2.20. The first kappa shape index (κ1) is 16.6. The fourth-order valence-electron chi connectivity index (χ4n) is 3.55. The molecule has 0 amide bonds. The molecular formula is C18H24N4O2.